The summed E-state index contributed by atoms with van der Waals surface area (Å²) in [5.74, 6) is 0.235. The number of anilines is 1. The molecule has 0 spiro atoms. The Morgan fingerprint density at radius 3 is 2.80 bits per heavy atom. The average molecular weight is 338 g/mol. The first-order valence-electron chi connectivity index (χ1n) is 7.53. The molecule has 2 aromatic heterocycles. The highest BCUT2D eigenvalue weighted by Crippen LogP contribution is 2.23. The summed E-state index contributed by atoms with van der Waals surface area (Å²) in [4.78, 5) is 20.0. The zero-order valence-electron chi connectivity index (χ0n) is 13.1. The van der Waals surface area contributed by atoms with Crippen LogP contribution in [-0.4, -0.2) is 16.0 Å². The van der Waals surface area contributed by atoms with E-state index in [-0.39, 0.29) is 12.6 Å². The predicted molar refractivity (Wildman–Crippen MR) is 90.8 cm³/mol. The number of ether oxygens (including phenoxy) is 1. The first-order chi connectivity index (χ1) is 12.2. The molecule has 7 heteroatoms. The Morgan fingerprint density at radius 2 is 2.00 bits per heavy atom. The van der Waals surface area contributed by atoms with Crippen LogP contribution in [0.2, 0.25) is 0 Å². The number of hydrogen-bond acceptors (Lipinski definition) is 4. The second-order valence-corrected chi connectivity index (χ2v) is 5.08. The number of amides is 2. The molecule has 0 fully saturated rings. The Hall–Kier alpha value is -3.48. The molecule has 2 amide bonds. The lowest BCUT2D eigenvalue weighted by atomic mass is 10.2. The summed E-state index contributed by atoms with van der Waals surface area (Å²) in [6.07, 6.45) is 4.73. The number of carbonyl (C=O) groups is 1. The summed E-state index contributed by atoms with van der Waals surface area (Å²) in [5.41, 5.74) is 1.25. The molecule has 25 heavy (non-hydrogen) atoms. The largest absolute Gasteiger partial charge is 0.439 e. The number of carbonyl (C=O) groups excluding carboxylic acids is 1. The second-order valence-electron chi connectivity index (χ2n) is 5.08. The molecular weight excluding hydrogens is 323 g/mol. The van der Waals surface area contributed by atoms with Crippen LogP contribution < -0.4 is 15.4 Å². The van der Waals surface area contributed by atoms with Crippen molar-refractivity contribution in [2.24, 2.45) is 0 Å². The van der Waals surface area contributed by atoms with Gasteiger partial charge in [0.1, 0.15) is 11.6 Å². The summed E-state index contributed by atoms with van der Waals surface area (Å²) in [6.45, 7) is 0.199. The standard InChI is InChI=1S/C18H15FN4O2/c19-14-5-1-7-16(10-14)25-17-13(4-2-9-21-17)11-22-18(24)23-15-6-3-8-20-12-15/h1-10,12H,11H2,(H2,22,23,24). The van der Waals surface area contributed by atoms with Gasteiger partial charge in [-0.05, 0) is 30.3 Å². The highest BCUT2D eigenvalue weighted by atomic mass is 19.1. The molecule has 0 atom stereocenters. The fourth-order valence-electron chi connectivity index (χ4n) is 2.08. The molecule has 0 unspecified atom stereocenters. The highest BCUT2D eigenvalue weighted by molar-refractivity contribution is 5.88. The van der Waals surface area contributed by atoms with Crippen LogP contribution in [0.4, 0.5) is 14.9 Å². The Kier molecular flexibility index (Phi) is 5.16. The van der Waals surface area contributed by atoms with E-state index in [1.165, 1.54) is 12.1 Å². The first-order valence-corrected chi connectivity index (χ1v) is 7.53. The van der Waals surface area contributed by atoms with Crippen molar-refractivity contribution in [3.63, 3.8) is 0 Å². The number of aromatic nitrogens is 2. The van der Waals surface area contributed by atoms with E-state index in [9.17, 15) is 9.18 Å². The summed E-state index contributed by atoms with van der Waals surface area (Å²) >= 11 is 0. The molecule has 0 aliphatic rings. The van der Waals surface area contributed by atoms with Gasteiger partial charge in [-0.15, -0.1) is 0 Å². The quantitative estimate of drug-likeness (QED) is 0.743. The van der Waals surface area contributed by atoms with E-state index in [1.807, 2.05) is 0 Å². The van der Waals surface area contributed by atoms with Gasteiger partial charge < -0.3 is 15.4 Å². The Morgan fingerprint density at radius 1 is 1.12 bits per heavy atom. The number of nitrogens with zero attached hydrogens (tertiary/aromatic N) is 2. The molecule has 126 valence electrons. The minimum atomic E-state index is -0.399. The summed E-state index contributed by atoms with van der Waals surface area (Å²) in [6, 6.07) is 12.3. The average Bonchev–Trinajstić information content (AvgIpc) is 2.62. The predicted octanol–water partition coefficient (Wildman–Crippen LogP) is 3.73. The number of halogens is 1. The molecule has 3 aromatic rings. The summed E-state index contributed by atoms with van der Waals surface area (Å²) < 4.78 is 18.9. The van der Waals surface area contributed by atoms with Gasteiger partial charge in [0, 0.05) is 30.6 Å². The summed E-state index contributed by atoms with van der Waals surface area (Å²) in [5, 5.41) is 5.38. The monoisotopic (exact) mass is 338 g/mol. The van der Waals surface area contributed by atoms with Crippen molar-refractivity contribution >= 4 is 11.7 Å². The first kappa shape index (κ1) is 16.4. The van der Waals surface area contributed by atoms with Crippen molar-refractivity contribution in [3.8, 4) is 11.6 Å². The van der Waals surface area contributed by atoms with Crippen LogP contribution in [-0.2, 0) is 6.54 Å². The van der Waals surface area contributed by atoms with E-state index >= 15 is 0 Å². The normalized spacial score (nSPS) is 10.1. The van der Waals surface area contributed by atoms with Gasteiger partial charge in [0.05, 0.1) is 11.9 Å². The van der Waals surface area contributed by atoms with Crippen molar-refractivity contribution in [2.45, 2.75) is 6.54 Å². The van der Waals surface area contributed by atoms with Gasteiger partial charge >= 0.3 is 6.03 Å². The third-order valence-corrected chi connectivity index (χ3v) is 3.22. The fraction of sp³-hybridized carbons (Fsp3) is 0.0556. The van der Waals surface area contributed by atoms with Gasteiger partial charge in [0.15, 0.2) is 0 Å². The number of benzene rings is 1. The molecule has 2 N–H and O–H groups in total. The number of rotatable bonds is 5. The molecule has 0 saturated carbocycles. The second kappa shape index (κ2) is 7.87. The van der Waals surface area contributed by atoms with E-state index in [4.69, 9.17) is 4.74 Å². The van der Waals surface area contributed by atoms with Crippen molar-refractivity contribution in [3.05, 3.63) is 78.5 Å². The number of nitrogens with one attached hydrogen (secondary N) is 2. The lowest BCUT2D eigenvalue weighted by molar-refractivity contribution is 0.251. The smallest absolute Gasteiger partial charge is 0.319 e. The van der Waals surface area contributed by atoms with Crippen LogP contribution in [0.15, 0.2) is 67.1 Å². The van der Waals surface area contributed by atoms with Crippen LogP contribution in [0.3, 0.4) is 0 Å². The maximum absolute atomic E-state index is 13.3. The minimum Gasteiger partial charge on any atom is -0.439 e. The Bertz CT molecular complexity index is 858. The zero-order valence-corrected chi connectivity index (χ0v) is 13.1. The SMILES string of the molecule is O=C(NCc1cccnc1Oc1cccc(F)c1)Nc1cccnc1. The van der Waals surface area contributed by atoms with Gasteiger partial charge in [0.25, 0.3) is 0 Å². The van der Waals surface area contributed by atoms with Gasteiger partial charge in [-0.2, -0.15) is 0 Å². The third kappa shape index (κ3) is 4.74. The number of pyridine rings is 2. The molecule has 1 aromatic carbocycles. The van der Waals surface area contributed by atoms with Crippen LogP contribution in [0, 0.1) is 5.82 Å². The zero-order chi connectivity index (χ0) is 17.5. The molecule has 0 saturated heterocycles. The van der Waals surface area contributed by atoms with Crippen LogP contribution in [0.5, 0.6) is 11.6 Å². The van der Waals surface area contributed by atoms with E-state index in [1.54, 1.807) is 55.0 Å². The van der Waals surface area contributed by atoms with E-state index in [0.717, 1.165) is 0 Å². The maximum atomic E-state index is 13.3. The molecule has 0 aliphatic heterocycles. The number of urea groups is 1. The maximum Gasteiger partial charge on any atom is 0.319 e. The van der Waals surface area contributed by atoms with Crippen molar-refractivity contribution in [1.82, 2.24) is 15.3 Å². The van der Waals surface area contributed by atoms with Crippen LogP contribution >= 0.6 is 0 Å². The number of hydrogen-bond donors (Lipinski definition) is 2. The van der Waals surface area contributed by atoms with Crippen LogP contribution in [0.25, 0.3) is 0 Å². The molecule has 0 bridgehead atoms. The molecule has 0 aliphatic carbocycles. The van der Waals surface area contributed by atoms with Crippen molar-refractivity contribution < 1.29 is 13.9 Å². The van der Waals surface area contributed by atoms with Crippen LogP contribution in [0.1, 0.15) is 5.56 Å². The van der Waals surface area contributed by atoms with E-state index in [0.29, 0.717) is 22.9 Å². The molecule has 3 rings (SSSR count). The minimum absolute atomic E-state index is 0.199. The van der Waals surface area contributed by atoms with Gasteiger partial charge in [-0.3, -0.25) is 4.98 Å². The van der Waals surface area contributed by atoms with E-state index in [2.05, 4.69) is 20.6 Å². The Labute approximate surface area is 143 Å². The molecular formula is C18H15FN4O2. The molecule has 0 radical (unpaired) electrons. The highest BCUT2D eigenvalue weighted by Gasteiger charge is 2.09. The van der Waals surface area contributed by atoms with Crippen molar-refractivity contribution in [2.75, 3.05) is 5.32 Å². The lowest BCUT2D eigenvalue weighted by Crippen LogP contribution is -2.28. The van der Waals surface area contributed by atoms with E-state index < -0.39 is 5.82 Å². The lowest BCUT2D eigenvalue weighted by Gasteiger charge is -2.11. The van der Waals surface area contributed by atoms with Gasteiger partial charge in [-0.25, -0.2) is 14.2 Å². The topological polar surface area (TPSA) is 76.1 Å². The fourth-order valence-corrected chi connectivity index (χ4v) is 2.08. The molecule has 6 nitrogen and oxygen atoms in total. The van der Waals surface area contributed by atoms with Gasteiger partial charge in [0.2, 0.25) is 5.88 Å². The summed E-state index contributed by atoms with van der Waals surface area (Å²) in [7, 11) is 0. The van der Waals surface area contributed by atoms with Crippen molar-refractivity contribution in [1.29, 1.82) is 0 Å². The third-order valence-electron chi connectivity index (χ3n) is 3.22. The van der Waals surface area contributed by atoms with Gasteiger partial charge in [-0.1, -0.05) is 12.1 Å². The Balaban J connectivity index is 1.64. The molecule has 2 heterocycles.